The van der Waals surface area contributed by atoms with E-state index in [2.05, 4.69) is 17.5 Å². The van der Waals surface area contributed by atoms with Gasteiger partial charge in [-0.05, 0) is 43.8 Å². The molecule has 0 bridgehead atoms. The third kappa shape index (κ3) is 3.57. The van der Waals surface area contributed by atoms with Crippen molar-refractivity contribution in [2.45, 2.75) is 6.42 Å². The summed E-state index contributed by atoms with van der Waals surface area (Å²) in [5.74, 6) is 0. The highest BCUT2D eigenvalue weighted by molar-refractivity contribution is 5.63. The summed E-state index contributed by atoms with van der Waals surface area (Å²) in [6, 6.07) is 9.67. The predicted molar refractivity (Wildman–Crippen MR) is 63.4 cm³/mol. The molecule has 0 saturated heterocycles. The van der Waals surface area contributed by atoms with E-state index in [1.54, 1.807) is 0 Å². The molecule has 15 heavy (non-hydrogen) atoms. The Kier molecular flexibility index (Phi) is 4.08. The van der Waals surface area contributed by atoms with E-state index < -0.39 is 0 Å². The molecule has 0 saturated carbocycles. The van der Waals surface area contributed by atoms with E-state index in [-0.39, 0.29) is 0 Å². The molecule has 1 aromatic rings. The summed E-state index contributed by atoms with van der Waals surface area (Å²) in [6.45, 7) is 5.04. The second-order valence-electron chi connectivity index (χ2n) is 3.85. The van der Waals surface area contributed by atoms with E-state index in [1.807, 2.05) is 38.4 Å². The summed E-state index contributed by atoms with van der Waals surface area (Å²) in [5.41, 5.74) is 2.93. The highest BCUT2D eigenvalue weighted by Gasteiger charge is 2.00. The fourth-order valence-corrected chi connectivity index (χ4v) is 1.28. The summed E-state index contributed by atoms with van der Waals surface area (Å²) < 4.78 is 0. The summed E-state index contributed by atoms with van der Waals surface area (Å²) in [6.07, 6.45) is 0.957. The molecule has 1 aromatic carbocycles. The zero-order chi connectivity index (χ0) is 11.3. The molecule has 0 aromatic heterocycles. The largest absolute Gasteiger partial charge is 0.309 e. The molecule has 2 nitrogen and oxygen atoms in total. The highest BCUT2D eigenvalue weighted by Crippen LogP contribution is 2.16. The molecule has 0 heterocycles. The van der Waals surface area contributed by atoms with Gasteiger partial charge in [-0.3, -0.25) is 0 Å². The maximum atomic E-state index is 8.66. The van der Waals surface area contributed by atoms with Gasteiger partial charge in [0.1, 0.15) is 0 Å². The van der Waals surface area contributed by atoms with Crippen LogP contribution in [0.5, 0.6) is 0 Å². The molecule has 0 aliphatic carbocycles. The van der Waals surface area contributed by atoms with Gasteiger partial charge in [-0.2, -0.15) is 5.26 Å². The highest BCUT2D eigenvalue weighted by atomic mass is 15.0. The molecule has 0 radical (unpaired) electrons. The molecule has 0 spiro atoms. The normalized spacial score (nSPS) is 10.0. The minimum absolute atomic E-state index is 0.694. The Morgan fingerprint density at radius 2 is 1.93 bits per heavy atom. The maximum Gasteiger partial charge on any atom is 0.0991 e. The minimum Gasteiger partial charge on any atom is -0.309 e. The molecular formula is C13H16N2. The molecular weight excluding hydrogens is 184 g/mol. The Balaban J connectivity index is 2.63. The van der Waals surface area contributed by atoms with E-state index >= 15 is 0 Å². The summed E-state index contributed by atoms with van der Waals surface area (Å²) in [7, 11) is 4.10. The van der Waals surface area contributed by atoms with Crippen molar-refractivity contribution in [3.8, 4) is 6.07 Å². The molecule has 78 valence electrons. The Hall–Kier alpha value is -1.59. The smallest absolute Gasteiger partial charge is 0.0991 e. The van der Waals surface area contributed by atoms with Crippen LogP contribution in [0, 0.1) is 11.3 Å². The number of hydrogen-bond donors (Lipinski definition) is 0. The second-order valence-corrected chi connectivity index (χ2v) is 3.85. The average molecular weight is 200 g/mol. The predicted octanol–water partition coefficient (Wildman–Crippen LogP) is 2.52. The van der Waals surface area contributed by atoms with Crippen LogP contribution in [0.15, 0.2) is 30.8 Å². The molecule has 0 aliphatic rings. The van der Waals surface area contributed by atoms with Crippen molar-refractivity contribution in [2.24, 2.45) is 0 Å². The first-order chi connectivity index (χ1) is 7.13. The van der Waals surface area contributed by atoms with Crippen molar-refractivity contribution < 1.29 is 0 Å². The summed E-state index contributed by atoms with van der Waals surface area (Å²) >= 11 is 0. The zero-order valence-electron chi connectivity index (χ0n) is 9.33. The van der Waals surface area contributed by atoms with Gasteiger partial charge in [0.05, 0.1) is 11.6 Å². The lowest BCUT2D eigenvalue weighted by Gasteiger charge is -2.11. The number of hydrogen-bond acceptors (Lipinski definition) is 2. The second kappa shape index (κ2) is 5.33. The standard InChI is InChI=1S/C13H16N2/c1-11(8-9-15(2)3)13-6-4-12(10-14)5-7-13/h4-7H,1,8-9H2,2-3H3. The van der Waals surface area contributed by atoms with E-state index in [4.69, 9.17) is 5.26 Å². The lowest BCUT2D eigenvalue weighted by atomic mass is 10.0. The molecule has 0 amide bonds. The van der Waals surface area contributed by atoms with Crippen molar-refractivity contribution >= 4 is 5.57 Å². The lowest BCUT2D eigenvalue weighted by molar-refractivity contribution is 0.419. The van der Waals surface area contributed by atoms with Gasteiger partial charge in [0.15, 0.2) is 0 Å². The number of benzene rings is 1. The van der Waals surface area contributed by atoms with Gasteiger partial charge < -0.3 is 4.90 Å². The zero-order valence-corrected chi connectivity index (χ0v) is 9.33. The van der Waals surface area contributed by atoms with Gasteiger partial charge >= 0.3 is 0 Å². The van der Waals surface area contributed by atoms with E-state index in [0.29, 0.717) is 5.56 Å². The van der Waals surface area contributed by atoms with E-state index in [9.17, 15) is 0 Å². The van der Waals surface area contributed by atoms with Crippen molar-refractivity contribution in [2.75, 3.05) is 20.6 Å². The van der Waals surface area contributed by atoms with Crippen molar-refractivity contribution in [1.82, 2.24) is 4.90 Å². The first kappa shape index (κ1) is 11.5. The van der Waals surface area contributed by atoms with Gasteiger partial charge in [-0.15, -0.1) is 0 Å². The van der Waals surface area contributed by atoms with Crippen LogP contribution in [0.25, 0.3) is 5.57 Å². The topological polar surface area (TPSA) is 27.0 Å². The quantitative estimate of drug-likeness (QED) is 0.746. The Morgan fingerprint density at radius 1 is 1.33 bits per heavy atom. The Morgan fingerprint density at radius 3 is 2.40 bits per heavy atom. The summed E-state index contributed by atoms with van der Waals surface area (Å²) in [4.78, 5) is 2.13. The first-order valence-corrected chi connectivity index (χ1v) is 4.96. The van der Waals surface area contributed by atoms with E-state index in [1.165, 1.54) is 0 Å². The van der Waals surface area contributed by atoms with E-state index in [0.717, 1.165) is 24.1 Å². The van der Waals surface area contributed by atoms with Crippen LogP contribution >= 0.6 is 0 Å². The molecule has 0 unspecified atom stereocenters. The van der Waals surface area contributed by atoms with Crippen molar-refractivity contribution in [1.29, 1.82) is 5.26 Å². The van der Waals surface area contributed by atoms with Crippen LogP contribution in [-0.4, -0.2) is 25.5 Å². The van der Waals surface area contributed by atoms with Crippen LogP contribution in [0.4, 0.5) is 0 Å². The van der Waals surface area contributed by atoms with Crippen molar-refractivity contribution in [3.63, 3.8) is 0 Å². The maximum absolute atomic E-state index is 8.66. The molecule has 0 N–H and O–H groups in total. The first-order valence-electron chi connectivity index (χ1n) is 4.96. The van der Waals surface area contributed by atoms with Crippen LogP contribution in [0.2, 0.25) is 0 Å². The van der Waals surface area contributed by atoms with Gasteiger partial charge in [0.25, 0.3) is 0 Å². The fraction of sp³-hybridized carbons (Fsp3) is 0.308. The van der Waals surface area contributed by atoms with Crippen LogP contribution in [0.3, 0.4) is 0 Å². The van der Waals surface area contributed by atoms with Gasteiger partial charge in [-0.25, -0.2) is 0 Å². The summed E-state index contributed by atoms with van der Waals surface area (Å²) in [5, 5.41) is 8.66. The van der Waals surface area contributed by atoms with Crippen LogP contribution in [-0.2, 0) is 0 Å². The number of nitrogens with zero attached hydrogens (tertiary/aromatic N) is 2. The lowest BCUT2D eigenvalue weighted by Crippen LogP contribution is -2.13. The SMILES string of the molecule is C=C(CCN(C)C)c1ccc(C#N)cc1. The molecule has 1 rings (SSSR count). The Bertz CT molecular complexity index is 369. The number of rotatable bonds is 4. The van der Waals surface area contributed by atoms with Crippen molar-refractivity contribution in [3.05, 3.63) is 42.0 Å². The monoisotopic (exact) mass is 200 g/mol. The molecule has 0 atom stereocenters. The molecule has 0 aliphatic heterocycles. The average Bonchev–Trinajstić information content (AvgIpc) is 2.26. The number of nitriles is 1. The molecule has 2 heteroatoms. The minimum atomic E-state index is 0.694. The third-order valence-electron chi connectivity index (χ3n) is 2.28. The fourth-order valence-electron chi connectivity index (χ4n) is 1.28. The third-order valence-corrected chi connectivity index (χ3v) is 2.28. The van der Waals surface area contributed by atoms with Gasteiger partial charge in [0.2, 0.25) is 0 Å². The van der Waals surface area contributed by atoms with Crippen LogP contribution in [0.1, 0.15) is 17.5 Å². The Labute approximate surface area is 91.4 Å². The van der Waals surface area contributed by atoms with Gasteiger partial charge in [-0.1, -0.05) is 18.7 Å². The van der Waals surface area contributed by atoms with Gasteiger partial charge in [0, 0.05) is 6.54 Å². The molecule has 0 fully saturated rings. The van der Waals surface area contributed by atoms with Crippen LogP contribution < -0.4 is 0 Å².